The van der Waals surface area contributed by atoms with Crippen LogP contribution in [0.1, 0.15) is 51.4 Å². The minimum absolute atomic E-state index is 0.0342. The van der Waals surface area contributed by atoms with Crippen molar-refractivity contribution in [2.24, 2.45) is 5.41 Å². The second-order valence-corrected chi connectivity index (χ2v) is 12.0. The molecule has 1 amide bonds. The molecule has 3 rings (SSSR count). The van der Waals surface area contributed by atoms with Crippen LogP contribution in [-0.4, -0.2) is 86.5 Å². The van der Waals surface area contributed by atoms with Gasteiger partial charge in [-0.2, -0.15) is 4.31 Å². The van der Waals surface area contributed by atoms with Gasteiger partial charge in [-0.1, -0.05) is 20.8 Å². The maximum Gasteiger partial charge on any atom is 0.253 e. The van der Waals surface area contributed by atoms with Crippen LogP contribution in [0.2, 0.25) is 0 Å². The molecule has 0 spiro atoms. The third-order valence-electron chi connectivity index (χ3n) is 5.96. The Bertz CT molecular complexity index is 846. The summed E-state index contributed by atoms with van der Waals surface area (Å²) >= 11 is 0. The van der Waals surface area contributed by atoms with Gasteiger partial charge in [-0.3, -0.25) is 9.69 Å². The number of ether oxygens (including phenoxy) is 1. The Morgan fingerprint density at radius 2 is 1.55 bits per heavy atom. The quantitative estimate of drug-likeness (QED) is 0.688. The Morgan fingerprint density at radius 3 is 2.06 bits per heavy atom. The fourth-order valence-electron chi connectivity index (χ4n) is 4.10. The number of piperazine rings is 1. The molecule has 2 aliphatic rings. The number of sulfonamides is 1. The molecule has 0 N–H and O–H groups in total. The van der Waals surface area contributed by atoms with E-state index in [2.05, 4.69) is 25.7 Å². The molecule has 8 heteroatoms. The van der Waals surface area contributed by atoms with Crippen LogP contribution in [0.5, 0.6) is 0 Å². The number of morpholine rings is 1. The minimum Gasteiger partial charge on any atom is -0.373 e. The Kier molecular flexibility index (Phi) is 7.46. The van der Waals surface area contributed by atoms with Crippen LogP contribution in [0.4, 0.5) is 0 Å². The van der Waals surface area contributed by atoms with Gasteiger partial charge in [-0.25, -0.2) is 8.42 Å². The summed E-state index contributed by atoms with van der Waals surface area (Å²) in [5.74, 6) is -0.0342. The van der Waals surface area contributed by atoms with Gasteiger partial charge in [0.1, 0.15) is 0 Å². The molecule has 2 fully saturated rings. The molecule has 0 saturated carbocycles. The van der Waals surface area contributed by atoms with E-state index in [1.165, 1.54) is 4.31 Å². The van der Waals surface area contributed by atoms with Crippen LogP contribution < -0.4 is 0 Å². The van der Waals surface area contributed by atoms with E-state index in [4.69, 9.17) is 4.74 Å². The molecule has 2 unspecified atom stereocenters. The van der Waals surface area contributed by atoms with Crippen molar-refractivity contribution >= 4 is 15.9 Å². The number of benzene rings is 1. The van der Waals surface area contributed by atoms with Crippen molar-refractivity contribution in [2.45, 2.75) is 58.1 Å². The van der Waals surface area contributed by atoms with E-state index < -0.39 is 10.0 Å². The minimum atomic E-state index is -3.60. The Hall–Kier alpha value is -1.48. The van der Waals surface area contributed by atoms with Gasteiger partial charge in [0.2, 0.25) is 10.0 Å². The zero-order chi connectivity index (χ0) is 22.8. The van der Waals surface area contributed by atoms with E-state index in [1.807, 2.05) is 18.7 Å². The second kappa shape index (κ2) is 9.57. The summed E-state index contributed by atoms with van der Waals surface area (Å²) in [7, 11) is -3.60. The van der Waals surface area contributed by atoms with Gasteiger partial charge in [0.15, 0.2) is 0 Å². The number of carbonyl (C=O) groups is 1. The first-order chi connectivity index (χ1) is 14.5. The first kappa shape index (κ1) is 24.2. The van der Waals surface area contributed by atoms with Crippen molar-refractivity contribution in [3.05, 3.63) is 29.8 Å². The van der Waals surface area contributed by atoms with Crippen LogP contribution in [0.3, 0.4) is 0 Å². The Balaban J connectivity index is 1.59. The van der Waals surface area contributed by atoms with Gasteiger partial charge in [0.05, 0.1) is 17.1 Å². The second-order valence-electron chi connectivity index (χ2n) is 10.0. The zero-order valence-electron chi connectivity index (χ0n) is 19.5. The summed E-state index contributed by atoms with van der Waals surface area (Å²) in [6.07, 6.45) is 0.861. The third kappa shape index (κ3) is 6.28. The summed E-state index contributed by atoms with van der Waals surface area (Å²) in [6, 6.07) is 6.36. The SMILES string of the molecule is CC1CN(S(=O)(=O)c2ccc(C(=O)N3CCN(CCC(C)(C)C)CC3)cc2)CC(C)O1. The average molecular weight is 452 g/mol. The van der Waals surface area contributed by atoms with Crippen molar-refractivity contribution < 1.29 is 17.9 Å². The van der Waals surface area contributed by atoms with Crippen LogP contribution in [0.25, 0.3) is 0 Å². The van der Waals surface area contributed by atoms with Crippen LogP contribution in [0.15, 0.2) is 29.2 Å². The molecule has 1 aromatic carbocycles. The molecule has 31 heavy (non-hydrogen) atoms. The largest absolute Gasteiger partial charge is 0.373 e. The molecule has 2 aliphatic heterocycles. The lowest BCUT2D eigenvalue weighted by molar-refractivity contribution is -0.0440. The first-order valence-electron chi connectivity index (χ1n) is 11.2. The molecule has 2 heterocycles. The van der Waals surface area contributed by atoms with Crippen LogP contribution in [0, 0.1) is 5.41 Å². The summed E-state index contributed by atoms with van der Waals surface area (Å²) in [5, 5.41) is 0. The lowest BCUT2D eigenvalue weighted by Gasteiger charge is -2.36. The van der Waals surface area contributed by atoms with Crippen LogP contribution in [-0.2, 0) is 14.8 Å². The molecule has 0 aromatic heterocycles. The number of carbonyl (C=O) groups excluding carboxylic acids is 1. The standard InChI is InChI=1S/C23H37N3O4S/c1-18-16-26(17-19(2)30-18)31(28,29)21-8-6-20(7-9-21)22(27)25-14-12-24(13-15-25)11-10-23(3,4)5/h6-9,18-19H,10-17H2,1-5H3. The number of hydrogen-bond donors (Lipinski definition) is 0. The predicted octanol–water partition coefficient (Wildman–Crippen LogP) is 2.68. The Labute approximate surface area is 187 Å². The van der Waals surface area contributed by atoms with Crippen molar-refractivity contribution in [2.75, 3.05) is 45.8 Å². The van der Waals surface area contributed by atoms with Gasteiger partial charge in [-0.05, 0) is 56.5 Å². The van der Waals surface area contributed by atoms with E-state index in [0.29, 0.717) is 37.2 Å². The lowest BCUT2D eigenvalue weighted by Crippen LogP contribution is -2.49. The molecule has 2 atom stereocenters. The highest BCUT2D eigenvalue weighted by Gasteiger charge is 2.32. The van der Waals surface area contributed by atoms with Gasteiger partial charge in [0.25, 0.3) is 5.91 Å². The maximum absolute atomic E-state index is 13.0. The van der Waals surface area contributed by atoms with Crippen molar-refractivity contribution in [1.82, 2.24) is 14.1 Å². The maximum atomic E-state index is 13.0. The van der Waals surface area contributed by atoms with Gasteiger partial charge in [0, 0.05) is 44.8 Å². The highest BCUT2D eigenvalue weighted by molar-refractivity contribution is 7.89. The Morgan fingerprint density at radius 1 is 1.00 bits per heavy atom. The predicted molar refractivity (Wildman–Crippen MR) is 122 cm³/mol. The topological polar surface area (TPSA) is 70.2 Å². The molecular formula is C23H37N3O4S. The number of rotatable bonds is 5. The number of hydrogen-bond acceptors (Lipinski definition) is 5. The highest BCUT2D eigenvalue weighted by atomic mass is 32.2. The summed E-state index contributed by atoms with van der Waals surface area (Å²) in [6.45, 7) is 15.4. The monoisotopic (exact) mass is 451 g/mol. The van der Waals surface area contributed by atoms with Gasteiger partial charge < -0.3 is 9.64 Å². The molecule has 7 nitrogen and oxygen atoms in total. The molecule has 174 valence electrons. The summed E-state index contributed by atoms with van der Waals surface area (Å²) in [4.78, 5) is 17.4. The fourth-order valence-corrected chi connectivity index (χ4v) is 5.69. The van der Waals surface area contributed by atoms with E-state index in [9.17, 15) is 13.2 Å². The fraction of sp³-hybridized carbons (Fsp3) is 0.696. The smallest absolute Gasteiger partial charge is 0.253 e. The third-order valence-corrected chi connectivity index (χ3v) is 7.81. The molecule has 2 saturated heterocycles. The molecule has 0 radical (unpaired) electrons. The normalized spacial score (nSPS) is 24.4. The van der Waals surface area contributed by atoms with Gasteiger partial charge in [-0.15, -0.1) is 0 Å². The zero-order valence-corrected chi connectivity index (χ0v) is 20.3. The molecule has 0 bridgehead atoms. The summed E-state index contributed by atoms with van der Waals surface area (Å²) in [5.41, 5.74) is 0.845. The van der Waals surface area contributed by atoms with E-state index in [1.54, 1.807) is 24.3 Å². The number of nitrogens with zero attached hydrogens (tertiary/aromatic N) is 3. The molecule has 0 aliphatic carbocycles. The van der Waals surface area contributed by atoms with Crippen molar-refractivity contribution in [1.29, 1.82) is 0 Å². The summed E-state index contributed by atoms with van der Waals surface area (Å²) < 4.78 is 33.1. The number of amides is 1. The van der Waals surface area contributed by atoms with Crippen LogP contribution >= 0.6 is 0 Å². The van der Waals surface area contributed by atoms with Crippen molar-refractivity contribution in [3.63, 3.8) is 0 Å². The highest BCUT2D eigenvalue weighted by Crippen LogP contribution is 2.22. The first-order valence-corrected chi connectivity index (χ1v) is 12.7. The lowest BCUT2D eigenvalue weighted by atomic mass is 9.92. The van der Waals surface area contributed by atoms with E-state index in [0.717, 1.165) is 26.1 Å². The van der Waals surface area contributed by atoms with Crippen molar-refractivity contribution in [3.8, 4) is 0 Å². The van der Waals surface area contributed by atoms with E-state index in [-0.39, 0.29) is 23.0 Å². The average Bonchev–Trinajstić information content (AvgIpc) is 2.71. The molecule has 1 aromatic rings. The molecular weight excluding hydrogens is 414 g/mol. The van der Waals surface area contributed by atoms with E-state index >= 15 is 0 Å². The van der Waals surface area contributed by atoms with Gasteiger partial charge >= 0.3 is 0 Å².